The lowest BCUT2D eigenvalue weighted by Gasteiger charge is -2.39. The van der Waals surface area contributed by atoms with Crippen LogP contribution in [0.3, 0.4) is 0 Å². The van der Waals surface area contributed by atoms with Crippen LogP contribution in [0.2, 0.25) is 0 Å². The van der Waals surface area contributed by atoms with Crippen molar-refractivity contribution in [3.63, 3.8) is 0 Å². The van der Waals surface area contributed by atoms with Crippen LogP contribution in [0.5, 0.6) is 0 Å². The first kappa shape index (κ1) is 20.7. The van der Waals surface area contributed by atoms with E-state index in [4.69, 9.17) is 16.0 Å². The molecule has 0 amide bonds. The van der Waals surface area contributed by atoms with Crippen LogP contribution in [0.25, 0.3) is 27.0 Å². The lowest BCUT2D eigenvalue weighted by atomic mass is 9.80. The first-order chi connectivity index (χ1) is 15.8. The molecule has 164 valence electrons. The predicted molar refractivity (Wildman–Crippen MR) is 126 cm³/mol. The maximum Gasteiger partial charge on any atom is 0.275 e. The minimum absolute atomic E-state index is 0.0357. The molecule has 1 aromatic carbocycles. The quantitative estimate of drug-likeness (QED) is 0.432. The third-order valence-corrected chi connectivity index (χ3v) is 6.66. The van der Waals surface area contributed by atoms with Gasteiger partial charge in [-0.25, -0.2) is 14.8 Å². The molecule has 33 heavy (non-hydrogen) atoms. The smallest absolute Gasteiger partial charge is 0.275 e. The molecule has 1 aliphatic rings. The molecule has 0 unspecified atom stereocenters. The Hall–Kier alpha value is -4.17. The average Bonchev–Trinajstić information content (AvgIpc) is 3.26. The molecule has 0 aliphatic carbocycles. The second-order valence-corrected chi connectivity index (χ2v) is 8.89. The molecule has 0 N–H and O–H groups in total. The van der Waals surface area contributed by atoms with Crippen molar-refractivity contribution in [3.8, 4) is 6.07 Å². The molecule has 0 radical (unpaired) electrons. The number of hydrogen-bond acceptors (Lipinski definition) is 6. The number of anilines is 1. The minimum Gasteiger partial charge on any atom is -0.440 e. The number of nitriles is 1. The fraction of sp³-hybridized carbons (Fsp3) is 0.320. The molecule has 0 bridgehead atoms. The van der Waals surface area contributed by atoms with Gasteiger partial charge >= 0.3 is 0 Å². The van der Waals surface area contributed by atoms with Gasteiger partial charge in [0.1, 0.15) is 22.8 Å². The Kier molecular flexibility index (Phi) is 4.68. The molecule has 3 aromatic heterocycles. The van der Waals surface area contributed by atoms with E-state index in [1.807, 2.05) is 30.0 Å². The molecule has 1 aliphatic heterocycles. The Morgan fingerprint density at radius 2 is 1.97 bits per heavy atom. The zero-order chi connectivity index (χ0) is 23.3. The predicted octanol–water partition coefficient (Wildman–Crippen LogP) is 4.36. The van der Waals surface area contributed by atoms with E-state index in [0.29, 0.717) is 35.7 Å². The highest BCUT2D eigenvalue weighted by Gasteiger charge is 2.37. The van der Waals surface area contributed by atoms with Gasteiger partial charge in [-0.05, 0) is 49.6 Å². The van der Waals surface area contributed by atoms with Crippen molar-refractivity contribution in [2.24, 2.45) is 7.05 Å². The monoisotopic (exact) mass is 438 g/mol. The molecule has 0 saturated carbocycles. The van der Waals surface area contributed by atoms with Crippen LogP contribution in [0, 0.1) is 24.8 Å². The third kappa shape index (κ3) is 3.23. The number of aryl methyl sites for hydroxylation is 2. The SMILES string of the molecule is [C-]#[N+]c1c(N2CCC(C)(c3nc4cc(C)ccc4o3)CC2)c2nc(C#N)ccc2n(C)c1=O. The highest BCUT2D eigenvalue weighted by molar-refractivity contribution is 5.96. The fourth-order valence-electron chi connectivity index (χ4n) is 4.57. The number of pyridine rings is 2. The van der Waals surface area contributed by atoms with Crippen molar-refractivity contribution in [1.29, 1.82) is 5.26 Å². The van der Waals surface area contributed by atoms with Gasteiger partial charge in [-0.15, -0.1) is 0 Å². The van der Waals surface area contributed by atoms with Crippen LogP contribution in [-0.2, 0) is 12.5 Å². The normalized spacial score (nSPS) is 15.5. The van der Waals surface area contributed by atoms with Crippen molar-refractivity contribution in [1.82, 2.24) is 14.5 Å². The van der Waals surface area contributed by atoms with Crippen LogP contribution in [0.4, 0.5) is 11.4 Å². The number of piperidine rings is 1. The second kappa shape index (κ2) is 7.46. The van der Waals surface area contributed by atoms with Crippen LogP contribution >= 0.6 is 0 Å². The standard InChI is InChI=1S/C25H22N6O2/c1-15-5-8-19-17(13-15)29-24(33-19)25(2)9-11-31(12-10-25)22-20-18(7-6-16(14-26)28-20)30(4)23(32)21(22)27-3/h5-8,13H,9-12H2,1-2,4H3. The number of fused-ring (bicyclic) bond motifs is 2. The Bertz CT molecular complexity index is 1560. The summed E-state index contributed by atoms with van der Waals surface area (Å²) in [5.41, 5.74) is 4.05. The molecule has 0 spiro atoms. The number of hydrogen-bond donors (Lipinski definition) is 0. The lowest BCUT2D eigenvalue weighted by molar-refractivity contribution is 0.292. The summed E-state index contributed by atoms with van der Waals surface area (Å²) in [6.45, 7) is 13.1. The summed E-state index contributed by atoms with van der Waals surface area (Å²) >= 11 is 0. The zero-order valence-electron chi connectivity index (χ0n) is 18.7. The van der Waals surface area contributed by atoms with Gasteiger partial charge in [0.15, 0.2) is 5.58 Å². The Morgan fingerprint density at radius 3 is 2.67 bits per heavy atom. The van der Waals surface area contributed by atoms with Gasteiger partial charge in [-0.2, -0.15) is 5.26 Å². The lowest BCUT2D eigenvalue weighted by Crippen LogP contribution is -2.42. The number of benzene rings is 1. The minimum atomic E-state index is -0.360. The van der Waals surface area contributed by atoms with Gasteiger partial charge in [0.05, 0.1) is 17.8 Å². The summed E-state index contributed by atoms with van der Waals surface area (Å²) in [7, 11) is 1.62. The van der Waals surface area contributed by atoms with E-state index in [-0.39, 0.29) is 22.4 Å². The maximum absolute atomic E-state index is 12.9. The molecular formula is C25H22N6O2. The Labute approximate surface area is 190 Å². The fourth-order valence-corrected chi connectivity index (χ4v) is 4.57. The molecule has 8 heteroatoms. The van der Waals surface area contributed by atoms with Gasteiger partial charge in [0.25, 0.3) is 11.2 Å². The van der Waals surface area contributed by atoms with Crippen molar-refractivity contribution in [3.05, 3.63) is 69.3 Å². The maximum atomic E-state index is 12.9. The summed E-state index contributed by atoms with van der Waals surface area (Å²) in [6, 6.07) is 11.3. The molecule has 4 heterocycles. The van der Waals surface area contributed by atoms with Crippen LogP contribution in [0.1, 0.15) is 36.9 Å². The highest BCUT2D eigenvalue weighted by Crippen LogP contribution is 2.40. The van der Waals surface area contributed by atoms with E-state index in [0.717, 1.165) is 29.5 Å². The van der Waals surface area contributed by atoms with Crippen LogP contribution < -0.4 is 10.5 Å². The molecule has 4 aromatic rings. The largest absolute Gasteiger partial charge is 0.440 e. The summed E-state index contributed by atoms with van der Waals surface area (Å²) in [6.07, 6.45) is 1.48. The van der Waals surface area contributed by atoms with Gasteiger partial charge in [0, 0.05) is 25.6 Å². The van der Waals surface area contributed by atoms with E-state index in [1.165, 1.54) is 4.57 Å². The van der Waals surface area contributed by atoms with Crippen LogP contribution in [0.15, 0.2) is 39.5 Å². The summed E-state index contributed by atoms with van der Waals surface area (Å²) in [4.78, 5) is 27.8. The van der Waals surface area contributed by atoms with Gasteiger partial charge in [-0.3, -0.25) is 4.79 Å². The molecular weight excluding hydrogens is 416 g/mol. The number of oxazole rings is 1. The van der Waals surface area contributed by atoms with Crippen LogP contribution in [-0.4, -0.2) is 27.6 Å². The van der Waals surface area contributed by atoms with Crippen molar-refractivity contribution >= 4 is 33.5 Å². The molecule has 1 saturated heterocycles. The number of nitrogens with zero attached hydrogens (tertiary/aromatic N) is 6. The van der Waals surface area contributed by atoms with E-state index in [2.05, 4.69) is 22.8 Å². The van der Waals surface area contributed by atoms with Gasteiger partial charge < -0.3 is 13.9 Å². The molecule has 0 atom stereocenters. The molecule has 1 fully saturated rings. The Morgan fingerprint density at radius 1 is 1.21 bits per heavy atom. The summed E-state index contributed by atoms with van der Waals surface area (Å²) in [5.74, 6) is 0.715. The van der Waals surface area contributed by atoms with Gasteiger partial charge in [-0.1, -0.05) is 13.0 Å². The molecule has 5 rings (SSSR count). The topological polar surface area (TPSA) is 92.3 Å². The van der Waals surface area contributed by atoms with E-state index in [9.17, 15) is 10.1 Å². The zero-order valence-corrected chi connectivity index (χ0v) is 18.7. The first-order valence-corrected chi connectivity index (χ1v) is 10.8. The van der Waals surface area contributed by atoms with Crippen molar-refractivity contribution in [2.45, 2.75) is 32.1 Å². The van der Waals surface area contributed by atoms with Gasteiger partial charge in [0.2, 0.25) is 5.89 Å². The highest BCUT2D eigenvalue weighted by atomic mass is 16.3. The summed E-state index contributed by atoms with van der Waals surface area (Å²) in [5, 5.41) is 9.35. The van der Waals surface area contributed by atoms with Crippen molar-refractivity contribution < 1.29 is 4.42 Å². The number of aromatic nitrogens is 3. The van der Waals surface area contributed by atoms with E-state index < -0.39 is 0 Å². The number of rotatable bonds is 2. The second-order valence-electron chi connectivity index (χ2n) is 8.89. The average molecular weight is 438 g/mol. The Balaban J connectivity index is 1.55. The molecule has 8 nitrogen and oxygen atoms in total. The third-order valence-electron chi connectivity index (χ3n) is 6.66. The first-order valence-electron chi connectivity index (χ1n) is 10.8. The van der Waals surface area contributed by atoms with Crippen molar-refractivity contribution in [2.75, 3.05) is 18.0 Å². The van der Waals surface area contributed by atoms with E-state index >= 15 is 0 Å². The van der Waals surface area contributed by atoms with E-state index in [1.54, 1.807) is 19.2 Å². The summed E-state index contributed by atoms with van der Waals surface area (Å²) < 4.78 is 7.53.